The molecule has 1 amide bonds. The highest BCUT2D eigenvalue weighted by atomic mass is 32.2. The third-order valence-corrected chi connectivity index (χ3v) is 4.88. The summed E-state index contributed by atoms with van der Waals surface area (Å²) in [7, 11) is -2.06. The van der Waals surface area contributed by atoms with Gasteiger partial charge in [-0.05, 0) is 42.8 Å². The minimum absolute atomic E-state index is 0.337. The molecule has 0 aliphatic carbocycles. The maximum atomic E-state index is 12.7. The molecule has 0 spiro atoms. The van der Waals surface area contributed by atoms with Gasteiger partial charge >= 0.3 is 0 Å². The van der Waals surface area contributed by atoms with Crippen molar-refractivity contribution in [1.82, 2.24) is 0 Å². The molecule has 7 heteroatoms. The third kappa shape index (κ3) is 4.73. The molecule has 0 aliphatic rings. The van der Waals surface area contributed by atoms with Gasteiger partial charge in [0.1, 0.15) is 11.8 Å². The molecule has 0 saturated carbocycles. The van der Waals surface area contributed by atoms with Crippen molar-refractivity contribution < 1.29 is 17.9 Å². The predicted molar refractivity (Wildman–Crippen MR) is 99.5 cm³/mol. The zero-order chi connectivity index (χ0) is 18.4. The summed E-state index contributed by atoms with van der Waals surface area (Å²) < 4.78 is 30.8. The molecule has 0 aliphatic heterocycles. The Kier molecular flexibility index (Phi) is 6.03. The van der Waals surface area contributed by atoms with Gasteiger partial charge in [0.25, 0.3) is 0 Å². The van der Waals surface area contributed by atoms with Gasteiger partial charge < -0.3 is 10.1 Å². The molecule has 6 nitrogen and oxygen atoms in total. The first-order valence-electron chi connectivity index (χ1n) is 7.86. The second-order valence-electron chi connectivity index (χ2n) is 5.54. The topological polar surface area (TPSA) is 75.7 Å². The van der Waals surface area contributed by atoms with E-state index in [1.165, 1.54) is 0 Å². The maximum absolute atomic E-state index is 12.7. The van der Waals surface area contributed by atoms with Crippen molar-refractivity contribution in [2.75, 3.05) is 23.0 Å². The van der Waals surface area contributed by atoms with Crippen molar-refractivity contribution in [2.45, 2.75) is 19.4 Å². The molecular formula is C18H22N2O4S. The Bertz CT molecular complexity index is 805. The number of carbonyl (C=O) groups excluding carboxylic acids is 1. The van der Waals surface area contributed by atoms with Gasteiger partial charge in [-0.2, -0.15) is 0 Å². The van der Waals surface area contributed by atoms with Crippen molar-refractivity contribution in [3.63, 3.8) is 0 Å². The maximum Gasteiger partial charge on any atom is 0.248 e. The van der Waals surface area contributed by atoms with Crippen molar-refractivity contribution in [3.05, 3.63) is 54.6 Å². The largest absolute Gasteiger partial charge is 0.497 e. The Morgan fingerprint density at radius 2 is 1.72 bits per heavy atom. The van der Waals surface area contributed by atoms with Gasteiger partial charge in [-0.1, -0.05) is 25.1 Å². The standard InChI is InChI=1S/C18H22N2O4S/c1-4-17(18(21)19-14-10-12-16(24-2)13-11-14)20(25(3,22)23)15-8-6-5-7-9-15/h5-13,17H,4H2,1-3H3,(H,19,21)/t17-/m0/s1. The summed E-state index contributed by atoms with van der Waals surface area (Å²) in [6.45, 7) is 1.78. The van der Waals surface area contributed by atoms with Crippen LogP contribution in [0.4, 0.5) is 11.4 Å². The van der Waals surface area contributed by atoms with E-state index < -0.39 is 16.1 Å². The highest BCUT2D eigenvalue weighted by Crippen LogP contribution is 2.23. The van der Waals surface area contributed by atoms with Gasteiger partial charge in [-0.25, -0.2) is 8.42 Å². The van der Waals surface area contributed by atoms with Crippen LogP contribution in [0, 0.1) is 0 Å². The summed E-state index contributed by atoms with van der Waals surface area (Å²) in [5.41, 5.74) is 1.03. The Labute approximate surface area is 148 Å². The molecule has 1 N–H and O–H groups in total. The lowest BCUT2D eigenvalue weighted by Gasteiger charge is -2.30. The number of hydrogen-bond donors (Lipinski definition) is 1. The first kappa shape index (κ1) is 18.8. The number of benzene rings is 2. The number of amides is 1. The quantitative estimate of drug-likeness (QED) is 0.822. The smallest absolute Gasteiger partial charge is 0.248 e. The molecule has 2 aromatic rings. The fourth-order valence-electron chi connectivity index (χ4n) is 2.54. The third-order valence-electron chi connectivity index (χ3n) is 3.70. The van der Waals surface area contributed by atoms with Gasteiger partial charge in [0.2, 0.25) is 15.9 Å². The van der Waals surface area contributed by atoms with E-state index in [1.54, 1.807) is 68.6 Å². The molecule has 0 unspecified atom stereocenters. The van der Waals surface area contributed by atoms with Gasteiger partial charge in [0.05, 0.1) is 19.1 Å². The number of sulfonamides is 1. The molecular weight excluding hydrogens is 340 g/mol. The summed E-state index contributed by atoms with van der Waals surface area (Å²) in [6.07, 6.45) is 1.44. The van der Waals surface area contributed by atoms with E-state index in [9.17, 15) is 13.2 Å². The van der Waals surface area contributed by atoms with Crippen LogP contribution in [0.1, 0.15) is 13.3 Å². The van der Waals surface area contributed by atoms with E-state index >= 15 is 0 Å². The number of hydrogen-bond acceptors (Lipinski definition) is 4. The van der Waals surface area contributed by atoms with Crippen molar-refractivity contribution in [1.29, 1.82) is 0 Å². The number of nitrogens with one attached hydrogen (secondary N) is 1. The first-order valence-corrected chi connectivity index (χ1v) is 9.71. The van der Waals surface area contributed by atoms with E-state index in [1.807, 2.05) is 0 Å². The van der Waals surface area contributed by atoms with Crippen LogP contribution in [0.25, 0.3) is 0 Å². The van der Waals surface area contributed by atoms with E-state index in [-0.39, 0.29) is 5.91 Å². The number of rotatable bonds is 7. The van der Waals surface area contributed by atoms with Crippen LogP contribution in [0.2, 0.25) is 0 Å². The van der Waals surface area contributed by atoms with E-state index in [0.29, 0.717) is 23.5 Å². The lowest BCUT2D eigenvalue weighted by Crippen LogP contribution is -2.46. The van der Waals surface area contributed by atoms with E-state index in [2.05, 4.69) is 5.32 Å². The Hall–Kier alpha value is -2.54. The van der Waals surface area contributed by atoms with Crippen LogP contribution in [-0.2, 0) is 14.8 Å². The van der Waals surface area contributed by atoms with Gasteiger partial charge in [0, 0.05) is 5.69 Å². The zero-order valence-electron chi connectivity index (χ0n) is 14.5. The average molecular weight is 362 g/mol. The first-order chi connectivity index (χ1) is 11.9. The molecule has 1 atom stereocenters. The number of methoxy groups -OCH3 is 1. The van der Waals surface area contributed by atoms with Crippen LogP contribution in [0.5, 0.6) is 5.75 Å². The van der Waals surface area contributed by atoms with Gasteiger partial charge in [-0.3, -0.25) is 9.10 Å². The second-order valence-corrected chi connectivity index (χ2v) is 7.40. The van der Waals surface area contributed by atoms with E-state index in [4.69, 9.17) is 4.74 Å². The number of para-hydroxylation sites is 1. The minimum atomic E-state index is -3.62. The second kappa shape index (κ2) is 8.02. The summed E-state index contributed by atoms with van der Waals surface area (Å²) in [5.74, 6) is 0.286. The Morgan fingerprint density at radius 1 is 1.12 bits per heavy atom. The van der Waals surface area contributed by atoms with Gasteiger partial charge in [0.15, 0.2) is 0 Å². The zero-order valence-corrected chi connectivity index (χ0v) is 15.3. The average Bonchev–Trinajstić information content (AvgIpc) is 2.59. The van der Waals surface area contributed by atoms with Crippen molar-refractivity contribution >= 4 is 27.3 Å². The van der Waals surface area contributed by atoms with Crippen molar-refractivity contribution in [3.8, 4) is 5.75 Å². The Morgan fingerprint density at radius 3 is 2.20 bits per heavy atom. The summed E-state index contributed by atoms with van der Waals surface area (Å²) >= 11 is 0. The molecule has 0 bridgehead atoms. The van der Waals surface area contributed by atoms with Gasteiger partial charge in [-0.15, -0.1) is 0 Å². The molecule has 0 saturated heterocycles. The molecule has 2 rings (SSSR count). The lowest BCUT2D eigenvalue weighted by atomic mass is 10.2. The number of ether oxygens (including phenoxy) is 1. The highest BCUT2D eigenvalue weighted by molar-refractivity contribution is 7.92. The predicted octanol–water partition coefficient (Wildman–Crippen LogP) is 2.88. The summed E-state index contributed by atoms with van der Waals surface area (Å²) in [5, 5.41) is 2.77. The monoisotopic (exact) mass is 362 g/mol. The minimum Gasteiger partial charge on any atom is -0.497 e. The molecule has 0 radical (unpaired) electrons. The number of carbonyl (C=O) groups is 1. The number of nitrogens with zero attached hydrogens (tertiary/aromatic N) is 1. The molecule has 2 aromatic carbocycles. The van der Waals surface area contributed by atoms with E-state index in [0.717, 1.165) is 10.6 Å². The molecule has 0 heterocycles. The fraction of sp³-hybridized carbons (Fsp3) is 0.278. The normalized spacial score (nSPS) is 12.3. The van der Waals surface area contributed by atoms with Crippen LogP contribution in [-0.4, -0.2) is 33.7 Å². The van der Waals surface area contributed by atoms with Crippen molar-refractivity contribution in [2.24, 2.45) is 0 Å². The lowest BCUT2D eigenvalue weighted by molar-refractivity contribution is -0.117. The Balaban J connectivity index is 2.29. The highest BCUT2D eigenvalue weighted by Gasteiger charge is 2.31. The number of anilines is 2. The molecule has 0 fully saturated rings. The van der Waals surface area contributed by atoms with Crippen LogP contribution in [0.15, 0.2) is 54.6 Å². The summed E-state index contributed by atoms with van der Waals surface area (Å²) in [4.78, 5) is 12.7. The molecule has 0 aromatic heterocycles. The summed E-state index contributed by atoms with van der Waals surface area (Å²) in [6, 6.07) is 14.6. The molecule has 134 valence electrons. The molecule has 25 heavy (non-hydrogen) atoms. The van der Waals surface area contributed by atoms with Crippen LogP contribution in [0.3, 0.4) is 0 Å². The fourth-order valence-corrected chi connectivity index (χ4v) is 3.75. The SMILES string of the molecule is CC[C@@H](C(=O)Nc1ccc(OC)cc1)N(c1ccccc1)S(C)(=O)=O. The van der Waals surface area contributed by atoms with Crippen LogP contribution >= 0.6 is 0 Å². The van der Waals surface area contributed by atoms with Crippen LogP contribution < -0.4 is 14.4 Å².